The molecule has 1 saturated heterocycles. The summed E-state index contributed by atoms with van der Waals surface area (Å²) < 4.78 is 2.10. The van der Waals surface area contributed by atoms with E-state index in [1.54, 1.807) is 60.8 Å². The fraction of sp³-hybridized carbons (Fsp3) is 0.355. The van der Waals surface area contributed by atoms with Gasteiger partial charge in [0.2, 0.25) is 58.9 Å². The van der Waals surface area contributed by atoms with Gasteiger partial charge in [-0.3, -0.25) is 47.9 Å². The molecule has 125 heavy (non-hydrogen) atoms. The van der Waals surface area contributed by atoms with Crippen molar-refractivity contribution in [1.82, 2.24) is 52.8 Å². The number of carbonyl (C=O) groups is 11. The van der Waals surface area contributed by atoms with Crippen molar-refractivity contribution < 1.29 is 99.8 Å². The van der Waals surface area contributed by atoms with Crippen LogP contribution >= 0.6 is 21.6 Å². The first-order valence-corrected chi connectivity index (χ1v) is 43.9. The molecular weight excluding hydrogens is 1700 g/mol. The molecule has 1 aromatic heterocycles. The van der Waals surface area contributed by atoms with Crippen molar-refractivity contribution >= 4 is 136 Å². The van der Waals surface area contributed by atoms with E-state index >= 15 is 19.2 Å². The van der Waals surface area contributed by atoms with Crippen LogP contribution in [-0.2, 0) is 82.8 Å². The quantitative estimate of drug-likeness (QED) is 0.0129. The Balaban J connectivity index is 0.0000163. The molecule has 17 N–H and O–H groups in total. The molecule has 660 valence electrons. The van der Waals surface area contributed by atoms with E-state index in [9.17, 15) is 59.1 Å². The molecule has 0 radical (unpaired) electrons. The predicted octanol–water partition coefficient (Wildman–Crippen LogP) is 4.26. The number of aliphatic hydroxyl groups excluding tert-OH is 2. The molecule has 1 fully saturated rings. The second-order valence-corrected chi connectivity index (χ2v) is 34.9. The number of benzene rings is 7. The van der Waals surface area contributed by atoms with Gasteiger partial charge >= 0.3 is 11.9 Å². The Bertz CT molecular complexity index is 5460. The minimum Gasteiger partial charge on any atom is -1.00 e. The molecule has 4 heterocycles. The zero-order chi connectivity index (χ0) is 89.1. The fourth-order valence-electron chi connectivity index (χ4n) is 16.0. The number of H-pyrrole nitrogens is 1. The lowest BCUT2D eigenvalue weighted by Gasteiger charge is -2.29. The van der Waals surface area contributed by atoms with E-state index in [4.69, 9.17) is 5.73 Å². The molecule has 0 aliphatic carbocycles. The van der Waals surface area contributed by atoms with Crippen molar-refractivity contribution in [3.05, 3.63) is 234 Å². The Hall–Kier alpha value is -11.9. The maximum atomic E-state index is 15.5. The normalized spacial score (nSPS) is 20.4. The lowest BCUT2D eigenvalue weighted by Crippen LogP contribution is -3.00. The number of allylic oxidation sites excluding steroid dienone is 8. The van der Waals surface area contributed by atoms with E-state index in [0.717, 1.165) is 84.0 Å². The zero-order valence-corrected chi connectivity index (χ0v) is 73.7. The van der Waals surface area contributed by atoms with Crippen molar-refractivity contribution in [2.45, 2.75) is 177 Å². The topological polar surface area (TPSA) is 445 Å². The highest BCUT2D eigenvalue weighted by atomic mass is 79.9. The van der Waals surface area contributed by atoms with Crippen LogP contribution in [0.4, 0.5) is 11.4 Å². The zero-order valence-electron chi connectivity index (χ0n) is 70.5. The SMILES string of the molecule is C[C@H](NC(=O)CC[N+]1=C(/C=C/C=C/C=C/C=C2/N(CCC(=O)O)c3ccc4ccccc4c3C2(C)C)C(C)(C)c2c1ccc1ccccc21)C(=O)N[C@H](Cc1ccccc1)C(=O)N[C@H]1CSSC[C@@H](C(=O)N[C@H](C(=O)O)[C@@H](C)O)NC(=O)[C@H]([C@@H](C)O)NC(=O)[C@H](CCCCN)NC(=O)[C@@H](Cc2c[nH]c3ccccc23)NC(=O)[C@H](Cc2ccc(O)cc2)NC1=O.[Br-]. The van der Waals surface area contributed by atoms with Crippen LogP contribution in [0.1, 0.15) is 108 Å². The molecule has 9 amide bonds. The highest BCUT2D eigenvalue weighted by Crippen LogP contribution is 2.51. The summed E-state index contributed by atoms with van der Waals surface area (Å²) in [7, 11) is 1.72. The molecule has 3 aliphatic heterocycles. The van der Waals surface area contributed by atoms with Crippen molar-refractivity contribution in [2.24, 2.45) is 5.73 Å². The lowest BCUT2D eigenvalue weighted by molar-refractivity contribution is -0.436. The molecule has 0 unspecified atom stereocenters. The number of nitrogens with zero attached hydrogens (tertiary/aromatic N) is 2. The summed E-state index contributed by atoms with van der Waals surface area (Å²) in [5, 5.41) is 80.8. The summed E-state index contributed by atoms with van der Waals surface area (Å²) in [5.41, 5.74) is 13.0. The number of aliphatic carboxylic acids is 2. The summed E-state index contributed by atoms with van der Waals surface area (Å²) in [6, 6.07) is 31.6. The van der Waals surface area contributed by atoms with Gasteiger partial charge in [0.25, 0.3) is 0 Å². The van der Waals surface area contributed by atoms with Crippen LogP contribution in [0.3, 0.4) is 0 Å². The first-order valence-electron chi connectivity index (χ1n) is 41.4. The third-order valence-electron chi connectivity index (χ3n) is 22.5. The van der Waals surface area contributed by atoms with Gasteiger partial charge in [0.1, 0.15) is 54.1 Å². The number of halogens is 1. The van der Waals surface area contributed by atoms with Gasteiger partial charge in [0, 0.05) is 88.9 Å². The number of hydrogen-bond donors (Lipinski definition) is 16. The van der Waals surface area contributed by atoms with Gasteiger partial charge in [-0.25, -0.2) is 4.79 Å². The summed E-state index contributed by atoms with van der Waals surface area (Å²) in [5.74, 6) is -11.8. The number of aromatic amines is 1. The number of carbonyl (C=O) groups excluding carboxylic acids is 9. The Morgan fingerprint density at radius 1 is 0.608 bits per heavy atom. The number of phenols is 1. The molecule has 8 aromatic rings. The Labute approximate surface area is 743 Å². The van der Waals surface area contributed by atoms with Crippen molar-refractivity contribution in [3.8, 4) is 5.75 Å². The summed E-state index contributed by atoms with van der Waals surface area (Å²) in [4.78, 5) is 163. The van der Waals surface area contributed by atoms with Gasteiger partial charge in [-0.1, -0.05) is 181 Å². The number of para-hydroxylation sites is 1. The number of hydrogen-bond acceptors (Lipinski definition) is 18. The molecule has 0 saturated carbocycles. The number of unbranched alkanes of at least 4 members (excludes halogenated alkanes) is 1. The van der Waals surface area contributed by atoms with Gasteiger partial charge in [-0.15, -0.1) is 0 Å². The standard InChI is InChI=1S/C93H107N13O16S2.BrH/c1-54(96-77(110)43-46-105-73-41-37-59-26-16-18-29-64(59)79(73)92(4,5)75(105)33-14-9-8-10-15-34-76-93(6,7)80-65-30-19-17-27-60(65)38-42-74(80)106(76)47-44-78(111)112)83(113)98-68(48-57-24-12-11-13-25-57)86(116)101-71-52-123-124-53-72(89(119)104-82(56(3)108)91(121)122)102-90(120)81(55(2)107)103-84(114)67(32-22-23-45-94)97-87(117)70(50-61-51-95-66-31-21-20-28-63(61)66)100-85(115)69(99-88(71)118)49-58-35-39-62(109)40-36-58;/h8-21,24-31,33-42,51,54-56,67-72,81-82,95,107-108H,22-23,32,43-50,52-53,94H2,1-7H3,(H11-,96,97,98,99,100,101,102,103,104,109,110,111,112,113,114,115,116,117,118,119,120,121,122);1H/t54-,55+,56+,67-,68+,69-,70+,71-,72-,81-,82-;/m0./s1. The van der Waals surface area contributed by atoms with Gasteiger partial charge in [-0.2, -0.15) is 4.58 Å². The second kappa shape index (κ2) is 43.6. The van der Waals surface area contributed by atoms with Crippen molar-refractivity contribution in [2.75, 3.05) is 36.0 Å². The number of carboxylic acids is 2. The number of phenolic OH excluding ortho intramolecular Hbond substituents is 1. The number of nitrogens with one attached hydrogen (secondary N) is 10. The summed E-state index contributed by atoms with van der Waals surface area (Å²) in [6.45, 7) is 13.0. The van der Waals surface area contributed by atoms with E-state index < -0.39 is 154 Å². The average Bonchev–Trinajstić information content (AvgIpc) is 1.01. The van der Waals surface area contributed by atoms with Crippen LogP contribution in [0, 0.1) is 0 Å². The largest absolute Gasteiger partial charge is 1.00 e. The highest BCUT2D eigenvalue weighted by Gasteiger charge is 2.47. The van der Waals surface area contributed by atoms with Crippen LogP contribution in [0.15, 0.2) is 206 Å². The average molecular weight is 1810 g/mol. The number of aliphatic hydroxyl groups is 2. The number of rotatable bonds is 30. The van der Waals surface area contributed by atoms with E-state index in [0.29, 0.717) is 40.6 Å². The molecule has 0 bridgehead atoms. The van der Waals surface area contributed by atoms with Crippen molar-refractivity contribution in [3.63, 3.8) is 0 Å². The first kappa shape index (κ1) is 95.3. The van der Waals surface area contributed by atoms with Gasteiger partial charge in [0.15, 0.2) is 18.3 Å². The number of aromatic hydroxyl groups is 1. The van der Waals surface area contributed by atoms with E-state index in [-0.39, 0.29) is 80.8 Å². The smallest absolute Gasteiger partial charge is 0.328 e. The maximum Gasteiger partial charge on any atom is 0.328 e. The maximum absolute atomic E-state index is 15.5. The molecule has 0 spiro atoms. The molecule has 29 nitrogen and oxygen atoms in total. The third-order valence-corrected chi connectivity index (χ3v) is 24.9. The van der Waals surface area contributed by atoms with Crippen molar-refractivity contribution in [1.29, 1.82) is 0 Å². The summed E-state index contributed by atoms with van der Waals surface area (Å²) >= 11 is 0. The minimum absolute atomic E-state index is 0. The van der Waals surface area contributed by atoms with E-state index in [2.05, 4.69) is 120 Å². The number of aromatic nitrogens is 1. The number of anilines is 1. The molecule has 11 atom stereocenters. The third kappa shape index (κ3) is 24.0. The van der Waals surface area contributed by atoms with Crippen LogP contribution in [0.25, 0.3) is 32.4 Å². The summed E-state index contributed by atoms with van der Waals surface area (Å²) in [6.07, 6.45) is 11.7. The minimum atomic E-state index is -1.90. The van der Waals surface area contributed by atoms with Crippen LogP contribution in [0.2, 0.25) is 0 Å². The lowest BCUT2D eigenvalue weighted by atomic mass is 9.79. The Morgan fingerprint density at radius 3 is 1.89 bits per heavy atom. The van der Waals surface area contributed by atoms with Crippen LogP contribution < -0.4 is 75.5 Å². The van der Waals surface area contributed by atoms with Gasteiger partial charge in [-0.05, 0) is 141 Å². The van der Waals surface area contributed by atoms with Crippen LogP contribution in [0.5, 0.6) is 5.75 Å². The molecular formula is C93H108BrN13O16S2. The molecule has 7 aromatic carbocycles. The number of nitrogens with two attached hydrogens (primary N) is 1. The van der Waals surface area contributed by atoms with E-state index in [1.165, 1.54) is 38.1 Å². The van der Waals surface area contributed by atoms with Crippen LogP contribution in [-0.4, -0.2) is 204 Å². The second-order valence-electron chi connectivity index (χ2n) is 32.3. The highest BCUT2D eigenvalue weighted by molar-refractivity contribution is 8.76. The Kier molecular flexibility index (Phi) is 33.2. The predicted molar refractivity (Wildman–Crippen MR) is 479 cm³/mol. The van der Waals surface area contributed by atoms with Gasteiger partial charge in [0.05, 0.1) is 30.5 Å². The first-order chi connectivity index (χ1) is 59.3. The Morgan fingerprint density at radius 2 is 1.22 bits per heavy atom. The molecule has 11 rings (SSSR count). The molecule has 32 heteroatoms. The number of amides is 9. The monoisotopic (exact) mass is 1810 g/mol. The van der Waals surface area contributed by atoms with Gasteiger partial charge < -0.3 is 106 Å². The fourth-order valence-corrected chi connectivity index (χ4v) is 18.3. The number of carboxylic acid groups (broad SMARTS) is 2. The van der Waals surface area contributed by atoms with E-state index in [1.807, 2.05) is 85.0 Å². The molecule has 3 aliphatic rings. The number of fused-ring (bicyclic) bond motifs is 7.